The lowest BCUT2D eigenvalue weighted by atomic mass is 10.1. The van der Waals surface area contributed by atoms with Gasteiger partial charge in [0.1, 0.15) is 6.54 Å². The van der Waals surface area contributed by atoms with Crippen LogP contribution in [0.1, 0.15) is 24.5 Å². The van der Waals surface area contributed by atoms with Crippen LogP contribution in [-0.4, -0.2) is 33.1 Å². The highest BCUT2D eigenvalue weighted by Crippen LogP contribution is 2.34. The molecule has 2 heterocycles. The first-order valence-corrected chi connectivity index (χ1v) is 11.0. The van der Waals surface area contributed by atoms with Gasteiger partial charge in [0.05, 0.1) is 4.91 Å². The van der Waals surface area contributed by atoms with E-state index in [1.165, 1.54) is 4.90 Å². The summed E-state index contributed by atoms with van der Waals surface area (Å²) in [6.07, 6.45) is 4.33. The summed E-state index contributed by atoms with van der Waals surface area (Å²) in [6, 6.07) is 15.4. The Morgan fingerprint density at radius 1 is 1.13 bits per heavy atom. The van der Waals surface area contributed by atoms with Crippen LogP contribution in [0, 0.1) is 6.92 Å². The van der Waals surface area contributed by atoms with E-state index in [4.69, 9.17) is 0 Å². The van der Waals surface area contributed by atoms with E-state index in [9.17, 15) is 14.4 Å². The van der Waals surface area contributed by atoms with Gasteiger partial charge in [-0.1, -0.05) is 37.3 Å². The molecule has 1 saturated heterocycles. The highest BCUT2D eigenvalue weighted by Gasteiger charge is 2.34. The van der Waals surface area contributed by atoms with Gasteiger partial charge in [0.2, 0.25) is 5.91 Å². The zero-order valence-electron chi connectivity index (χ0n) is 17.4. The number of imide groups is 1. The van der Waals surface area contributed by atoms with Crippen LogP contribution in [0.4, 0.5) is 10.5 Å². The van der Waals surface area contributed by atoms with Crippen molar-refractivity contribution in [3.05, 3.63) is 70.8 Å². The molecule has 31 heavy (non-hydrogen) atoms. The Balaban J connectivity index is 1.61. The molecule has 158 valence electrons. The van der Waals surface area contributed by atoms with Crippen LogP contribution in [0.3, 0.4) is 0 Å². The Morgan fingerprint density at radius 3 is 2.71 bits per heavy atom. The van der Waals surface area contributed by atoms with Gasteiger partial charge in [-0.25, -0.2) is 0 Å². The molecular weight excluding hydrogens is 410 g/mol. The lowest BCUT2D eigenvalue weighted by Gasteiger charge is -2.09. The molecule has 0 atom stereocenters. The monoisotopic (exact) mass is 433 g/mol. The molecule has 1 aliphatic heterocycles. The van der Waals surface area contributed by atoms with Gasteiger partial charge in [-0.2, -0.15) is 0 Å². The number of carbonyl (C=O) groups is 3. The predicted octanol–water partition coefficient (Wildman–Crippen LogP) is 5.03. The number of amides is 3. The second-order valence-corrected chi connectivity index (χ2v) is 8.47. The minimum Gasteiger partial charge on any atom is -0.337 e. The van der Waals surface area contributed by atoms with Gasteiger partial charge < -0.3 is 9.88 Å². The maximum Gasteiger partial charge on any atom is 0.293 e. The quantitative estimate of drug-likeness (QED) is 0.553. The number of nitrogens with one attached hydrogen (secondary N) is 1. The number of hydrogen-bond acceptors (Lipinski definition) is 4. The van der Waals surface area contributed by atoms with Gasteiger partial charge in [0.15, 0.2) is 0 Å². The number of thioether (sulfide) groups is 1. The number of fused-ring (bicyclic) bond motifs is 1. The molecule has 7 heteroatoms. The summed E-state index contributed by atoms with van der Waals surface area (Å²) in [5, 5.41) is 3.61. The fraction of sp³-hybridized carbons (Fsp3) is 0.208. The Kier molecular flexibility index (Phi) is 5.95. The highest BCUT2D eigenvalue weighted by atomic mass is 32.2. The number of rotatable bonds is 6. The van der Waals surface area contributed by atoms with Crippen molar-refractivity contribution in [3.8, 4) is 0 Å². The Morgan fingerprint density at radius 2 is 1.94 bits per heavy atom. The van der Waals surface area contributed by atoms with E-state index >= 15 is 0 Å². The topological polar surface area (TPSA) is 71.4 Å². The van der Waals surface area contributed by atoms with E-state index in [0.717, 1.165) is 45.9 Å². The number of para-hydroxylation sites is 1. The highest BCUT2D eigenvalue weighted by molar-refractivity contribution is 8.18. The Bertz CT molecular complexity index is 1210. The third kappa shape index (κ3) is 4.41. The molecule has 1 fully saturated rings. The van der Waals surface area contributed by atoms with Crippen molar-refractivity contribution in [1.29, 1.82) is 0 Å². The summed E-state index contributed by atoms with van der Waals surface area (Å²) in [7, 11) is 0. The number of hydrogen-bond donors (Lipinski definition) is 1. The molecule has 1 aromatic heterocycles. The largest absolute Gasteiger partial charge is 0.337 e. The van der Waals surface area contributed by atoms with E-state index in [-0.39, 0.29) is 23.6 Å². The SMILES string of the molecule is CCCN1C(=O)S/C(=C/c2cn(CC(=O)Nc3cccc(C)c3)c3ccccc23)C1=O. The zero-order chi connectivity index (χ0) is 22.0. The maximum absolute atomic E-state index is 12.6. The third-order valence-corrected chi connectivity index (χ3v) is 5.95. The van der Waals surface area contributed by atoms with E-state index in [0.29, 0.717) is 11.4 Å². The first kappa shape index (κ1) is 20.9. The summed E-state index contributed by atoms with van der Waals surface area (Å²) in [4.78, 5) is 39.1. The lowest BCUT2D eigenvalue weighted by Crippen LogP contribution is -2.28. The van der Waals surface area contributed by atoms with Gasteiger partial charge in [-0.3, -0.25) is 19.3 Å². The number of aryl methyl sites for hydroxylation is 1. The van der Waals surface area contributed by atoms with Crippen LogP contribution in [0.5, 0.6) is 0 Å². The van der Waals surface area contributed by atoms with Crippen molar-refractivity contribution in [2.24, 2.45) is 0 Å². The molecule has 4 rings (SSSR count). The third-order valence-electron chi connectivity index (χ3n) is 5.04. The molecule has 0 spiro atoms. The number of carbonyl (C=O) groups excluding carboxylic acids is 3. The van der Waals surface area contributed by atoms with E-state index < -0.39 is 0 Å². The fourth-order valence-electron chi connectivity index (χ4n) is 3.66. The standard InChI is InChI=1S/C24H23N3O3S/c1-3-11-27-23(29)21(31-24(27)30)13-17-14-26(20-10-5-4-9-19(17)20)15-22(28)25-18-8-6-7-16(2)12-18/h4-10,12-14H,3,11,15H2,1-2H3,(H,25,28)/b21-13+. The van der Waals surface area contributed by atoms with Gasteiger partial charge in [-0.05, 0) is 54.9 Å². The van der Waals surface area contributed by atoms with Crippen LogP contribution < -0.4 is 5.32 Å². The second-order valence-electron chi connectivity index (χ2n) is 7.48. The Hall–Kier alpha value is -3.32. The molecule has 0 aliphatic carbocycles. The molecule has 3 aromatic rings. The first-order chi connectivity index (χ1) is 15.0. The molecule has 1 N–H and O–H groups in total. The van der Waals surface area contributed by atoms with Crippen LogP contribution in [-0.2, 0) is 16.1 Å². The molecule has 0 radical (unpaired) electrons. The molecule has 6 nitrogen and oxygen atoms in total. The molecule has 2 aromatic carbocycles. The lowest BCUT2D eigenvalue weighted by molar-refractivity contribution is -0.122. The summed E-state index contributed by atoms with van der Waals surface area (Å²) in [5.41, 5.74) is 3.52. The summed E-state index contributed by atoms with van der Waals surface area (Å²) >= 11 is 0.961. The number of anilines is 1. The van der Waals surface area contributed by atoms with Crippen LogP contribution >= 0.6 is 11.8 Å². The predicted molar refractivity (Wildman–Crippen MR) is 125 cm³/mol. The van der Waals surface area contributed by atoms with Gasteiger partial charge in [0, 0.05) is 34.9 Å². The summed E-state index contributed by atoms with van der Waals surface area (Å²) in [6.45, 7) is 4.47. The average Bonchev–Trinajstić information content (AvgIpc) is 3.20. The van der Waals surface area contributed by atoms with Crippen molar-refractivity contribution in [2.45, 2.75) is 26.8 Å². The smallest absolute Gasteiger partial charge is 0.293 e. The summed E-state index contributed by atoms with van der Waals surface area (Å²) < 4.78 is 1.86. The zero-order valence-corrected chi connectivity index (χ0v) is 18.2. The van der Waals surface area contributed by atoms with Crippen molar-refractivity contribution in [3.63, 3.8) is 0 Å². The van der Waals surface area contributed by atoms with Crippen LogP contribution in [0.2, 0.25) is 0 Å². The van der Waals surface area contributed by atoms with Crippen LogP contribution in [0.25, 0.3) is 17.0 Å². The minimum atomic E-state index is -0.258. The number of benzene rings is 2. The Labute approximate surface area is 184 Å². The normalized spacial score (nSPS) is 15.3. The van der Waals surface area contributed by atoms with Crippen molar-refractivity contribution >= 4 is 51.5 Å². The first-order valence-electron chi connectivity index (χ1n) is 10.2. The van der Waals surface area contributed by atoms with E-state index in [1.807, 2.05) is 73.1 Å². The van der Waals surface area contributed by atoms with Crippen molar-refractivity contribution in [1.82, 2.24) is 9.47 Å². The number of aromatic nitrogens is 1. The molecular formula is C24H23N3O3S. The molecule has 1 aliphatic rings. The van der Waals surface area contributed by atoms with Crippen molar-refractivity contribution < 1.29 is 14.4 Å². The van der Waals surface area contributed by atoms with Gasteiger partial charge >= 0.3 is 0 Å². The van der Waals surface area contributed by atoms with Crippen molar-refractivity contribution in [2.75, 3.05) is 11.9 Å². The summed E-state index contributed by atoms with van der Waals surface area (Å²) in [5.74, 6) is -0.396. The maximum atomic E-state index is 12.6. The van der Waals surface area contributed by atoms with E-state index in [2.05, 4.69) is 5.32 Å². The fourth-order valence-corrected chi connectivity index (χ4v) is 4.51. The molecule has 0 unspecified atom stereocenters. The molecule has 0 bridgehead atoms. The minimum absolute atomic E-state index is 0.138. The molecule has 3 amide bonds. The molecule has 0 saturated carbocycles. The number of nitrogens with zero attached hydrogens (tertiary/aromatic N) is 2. The van der Waals surface area contributed by atoms with E-state index in [1.54, 1.807) is 6.08 Å². The van der Waals surface area contributed by atoms with Gasteiger partial charge in [-0.15, -0.1) is 0 Å². The van der Waals surface area contributed by atoms with Crippen LogP contribution in [0.15, 0.2) is 59.6 Å². The average molecular weight is 434 g/mol. The second kappa shape index (κ2) is 8.81. The van der Waals surface area contributed by atoms with Gasteiger partial charge in [0.25, 0.3) is 11.1 Å².